The van der Waals surface area contributed by atoms with E-state index < -0.39 is 5.97 Å². The van der Waals surface area contributed by atoms with Crippen molar-refractivity contribution in [3.05, 3.63) is 10.8 Å². The van der Waals surface area contributed by atoms with Gasteiger partial charge >= 0.3 is 5.97 Å². The third-order valence-electron chi connectivity index (χ3n) is 3.93. The third-order valence-corrected chi connectivity index (χ3v) is 4.96. The van der Waals surface area contributed by atoms with Crippen LogP contribution in [-0.2, 0) is 4.79 Å². The van der Waals surface area contributed by atoms with Gasteiger partial charge in [0.25, 0.3) is 0 Å². The zero-order valence-electron chi connectivity index (χ0n) is 9.61. The molecular formula is C11H12N4O2S. The molecule has 94 valence electrons. The minimum absolute atomic E-state index is 0.0865. The average molecular weight is 264 g/mol. The Kier molecular flexibility index (Phi) is 2.03. The van der Waals surface area contributed by atoms with E-state index in [2.05, 4.69) is 15.3 Å². The maximum absolute atomic E-state index is 10.9. The van der Waals surface area contributed by atoms with E-state index >= 15 is 0 Å². The molecule has 7 heteroatoms. The topological polar surface area (TPSA) is 80.4 Å². The Bertz CT molecular complexity index is 630. The Hall–Kier alpha value is -1.50. The van der Waals surface area contributed by atoms with Crippen LogP contribution in [0.15, 0.2) is 0 Å². The van der Waals surface area contributed by atoms with Crippen LogP contribution in [0.1, 0.15) is 48.4 Å². The highest BCUT2D eigenvalue weighted by Gasteiger charge is 2.46. The lowest BCUT2D eigenvalue weighted by atomic mass is 9.85. The van der Waals surface area contributed by atoms with E-state index in [1.807, 2.05) is 4.52 Å². The summed E-state index contributed by atoms with van der Waals surface area (Å²) in [5, 5.41) is 22.7. The lowest BCUT2D eigenvalue weighted by Crippen LogP contribution is -2.13. The average Bonchev–Trinajstić information content (AvgIpc) is 2.83. The van der Waals surface area contributed by atoms with Gasteiger partial charge in [-0.15, -0.1) is 10.2 Å². The highest BCUT2D eigenvalue weighted by molar-refractivity contribution is 7.16. The monoisotopic (exact) mass is 264 g/mol. The number of carbonyl (C=O) groups is 1. The summed E-state index contributed by atoms with van der Waals surface area (Å²) < 4.78 is 1.82. The molecule has 2 aliphatic carbocycles. The number of hydrogen-bond acceptors (Lipinski definition) is 5. The van der Waals surface area contributed by atoms with Crippen LogP contribution >= 0.6 is 11.3 Å². The van der Waals surface area contributed by atoms with Crippen LogP contribution in [0.2, 0.25) is 0 Å². The molecule has 2 aromatic heterocycles. The summed E-state index contributed by atoms with van der Waals surface area (Å²) in [7, 11) is 0. The van der Waals surface area contributed by atoms with Gasteiger partial charge in [0.05, 0.1) is 5.92 Å². The molecule has 0 aromatic carbocycles. The number of fused-ring (bicyclic) bond motifs is 1. The smallest absolute Gasteiger partial charge is 0.307 e. The van der Waals surface area contributed by atoms with E-state index in [4.69, 9.17) is 5.11 Å². The Morgan fingerprint density at radius 1 is 1.39 bits per heavy atom. The molecule has 2 aliphatic rings. The van der Waals surface area contributed by atoms with Crippen LogP contribution in [-0.4, -0.2) is 30.9 Å². The molecule has 2 fully saturated rings. The molecule has 6 nitrogen and oxygen atoms in total. The second-order valence-electron chi connectivity index (χ2n) is 5.11. The largest absolute Gasteiger partial charge is 0.481 e. The molecule has 0 spiro atoms. The van der Waals surface area contributed by atoms with Gasteiger partial charge in [-0.1, -0.05) is 17.8 Å². The van der Waals surface area contributed by atoms with Crippen LogP contribution < -0.4 is 0 Å². The number of hydrogen-bond donors (Lipinski definition) is 1. The number of carboxylic acids is 1. The standard InChI is InChI=1S/C11H12N4O2S/c16-10(17)7-4-6(7)9-14-15-8(5-2-1-3-5)12-13-11(15)18-9/h5-7H,1-4H2,(H,16,17). The van der Waals surface area contributed by atoms with Crippen LogP contribution in [0, 0.1) is 5.92 Å². The molecule has 0 saturated heterocycles. The van der Waals surface area contributed by atoms with Crippen LogP contribution in [0.4, 0.5) is 0 Å². The van der Waals surface area contributed by atoms with Crippen molar-refractivity contribution >= 4 is 22.3 Å². The Labute approximate surface area is 107 Å². The fraction of sp³-hybridized carbons (Fsp3) is 0.636. The van der Waals surface area contributed by atoms with Gasteiger partial charge in [-0.3, -0.25) is 4.79 Å². The predicted molar refractivity (Wildman–Crippen MR) is 63.7 cm³/mol. The summed E-state index contributed by atoms with van der Waals surface area (Å²) in [6.07, 6.45) is 4.28. The lowest BCUT2D eigenvalue weighted by Gasteiger charge is -2.22. The number of carboxylic acid groups (broad SMARTS) is 1. The molecule has 2 aromatic rings. The Morgan fingerprint density at radius 3 is 2.83 bits per heavy atom. The molecular weight excluding hydrogens is 252 g/mol. The molecule has 2 unspecified atom stereocenters. The zero-order valence-corrected chi connectivity index (χ0v) is 10.4. The van der Waals surface area contributed by atoms with Crippen LogP contribution in [0.5, 0.6) is 0 Å². The predicted octanol–water partition coefficient (Wildman–Crippen LogP) is 1.64. The highest BCUT2D eigenvalue weighted by Crippen LogP contribution is 2.49. The fourth-order valence-corrected chi connectivity index (χ4v) is 3.48. The summed E-state index contributed by atoms with van der Waals surface area (Å²) in [5.41, 5.74) is 0. The highest BCUT2D eigenvalue weighted by atomic mass is 32.1. The molecule has 0 aliphatic heterocycles. The van der Waals surface area contributed by atoms with Gasteiger partial charge in [0, 0.05) is 11.8 Å². The summed E-state index contributed by atoms with van der Waals surface area (Å²) in [5.74, 6) is 0.560. The number of nitrogens with zero attached hydrogens (tertiary/aromatic N) is 4. The lowest BCUT2D eigenvalue weighted by molar-refractivity contribution is -0.138. The van der Waals surface area contributed by atoms with Gasteiger partial charge < -0.3 is 5.11 Å². The summed E-state index contributed by atoms with van der Waals surface area (Å²) in [6.45, 7) is 0. The summed E-state index contributed by atoms with van der Waals surface area (Å²) in [4.78, 5) is 11.7. The van der Waals surface area contributed by atoms with Crippen molar-refractivity contribution < 1.29 is 9.90 Å². The van der Waals surface area contributed by atoms with E-state index in [0.29, 0.717) is 12.3 Å². The molecule has 0 radical (unpaired) electrons. The maximum atomic E-state index is 10.9. The molecule has 4 rings (SSSR count). The maximum Gasteiger partial charge on any atom is 0.307 e. The summed E-state index contributed by atoms with van der Waals surface area (Å²) >= 11 is 1.48. The van der Waals surface area contributed by atoms with E-state index in [1.54, 1.807) is 0 Å². The van der Waals surface area contributed by atoms with Crippen molar-refractivity contribution in [2.24, 2.45) is 5.92 Å². The number of aromatic nitrogens is 4. The molecule has 2 heterocycles. The van der Waals surface area contributed by atoms with Gasteiger partial charge in [0.2, 0.25) is 4.96 Å². The van der Waals surface area contributed by atoms with Crippen LogP contribution in [0.25, 0.3) is 4.96 Å². The number of aliphatic carboxylic acids is 1. The SMILES string of the molecule is O=C(O)C1CC1c1nn2c(C3CCC3)nnc2s1. The van der Waals surface area contributed by atoms with Crippen molar-refractivity contribution in [2.75, 3.05) is 0 Å². The van der Waals surface area contributed by atoms with E-state index in [-0.39, 0.29) is 11.8 Å². The second-order valence-corrected chi connectivity index (χ2v) is 6.10. The first-order valence-corrected chi connectivity index (χ1v) is 7.00. The number of rotatable bonds is 3. The first kappa shape index (κ1) is 10.4. The van der Waals surface area contributed by atoms with Gasteiger partial charge in [0.15, 0.2) is 5.82 Å². The fourth-order valence-electron chi connectivity index (χ4n) is 2.46. The Morgan fingerprint density at radius 2 is 2.22 bits per heavy atom. The van der Waals surface area contributed by atoms with Gasteiger partial charge in [0.1, 0.15) is 5.01 Å². The molecule has 0 amide bonds. The minimum Gasteiger partial charge on any atom is -0.481 e. The van der Waals surface area contributed by atoms with E-state index in [1.165, 1.54) is 17.8 Å². The van der Waals surface area contributed by atoms with Crippen molar-refractivity contribution in [3.8, 4) is 0 Å². The molecule has 2 saturated carbocycles. The summed E-state index contributed by atoms with van der Waals surface area (Å²) in [6, 6.07) is 0. The van der Waals surface area contributed by atoms with Gasteiger partial charge in [-0.05, 0) is 19.3 Å². The first-order valence-electron chi connectivity index (χ1n) is 6.19. The van der Waals surface area contributed by atoms with Crippen molar-refractivity contribution in [1.82, 2.24) is 19.8 Å². The van der Waals surface area contributed by atoms with Crippen molar-refractivity contribution in [2.45, 2.75) is 37.5 Å². The molecule has 2 atom stereocenters. The molecule has 1 N–H and O–H groups in total. The van der Waals surface area contributed by atoms with E-state index in [9.17, 15) is 4.79 Å². The van der Waals surface area contributed by atoms with Crippen LogP contribution in [0.3, 0.4) is 0 Å². The zero-order chi connectivity index (χ0) is 12.3. The first-order chi connectivity index (χ1) is 8.74. The Balaban J connectivity index is 1.68. The van der Waals surface area contributed by atoms with Gasteiger partial charge in [-0.2, -0.15) is 9.61 Å². The van der Waals surface area contributed by atoms with Gasteiger partial charge in [-0.25, -0.2) is 0 Å². The normalized spacial score (nSPS) is 27.3. The molecule has 0 bridgehead atoms. The molecule has 18 heavy (non-hydrogen) atoms. The quantitative estimate of drug-likeness (QED) is 0.911. The van der Waals surface area contributed by atoms with E-state index in [0.717, 1.165) is 28.6 Å². The second kappa shape index (κ2) is 3.50. The van der Waals surface area contributed by atoms with Crippen molar-refractivity contribution in [3.63, 3.8) is 0 Å². The van der Waals surface area contributed by atoms with Crippen molar-refractivity contribution in [1.29, 1.82) is 0 Å². The third kappa shape index (κ3) is 1.40. The minimum atomic E-state index is -0.717.